The number of oxime groups is 1. The summed E-state index contributed by atoms with van der Waals surface area (Å²) in [6, 6.07) is 8.48. The zero-order valence-corrected chi connectivity index (χ0v) is 10.6. The molecule has 0 bridgehead atoms. The molecule has 0 saturated carbocycles. The van der Waals surface area contributed by atoms with Gasteiger partial charge in [-0.2, -0.15) is 0 Å². The van der Waals surface area contributed by atoms with Gasteiger partial charge < -0.3 is 16.3 Å². The molecule has 1 aromatic rings. The average Bonchev–Trinajstić information content (AvgIpc) is 2.37. The second-order valence-electron chi connectivity index (χ2n) is 4.23. The largest absolute Gasteiger partial charge is 0.409 e. The summed E-state index contributed by atoms with van der Waals surface area (Å²) in [5.74, 6) is 0.196. The minimum absolute atomic E-state index is 0.152. The number of hydrogen-bond acceptors (Lipinski definition) is 3. The van der Waals surface area contributed by atoms with Crippen LogP contribution in [-0.4, -0.2) is 17.1 Å². The Bertz CT molecular complexity index is 373. The third-order valence-electron chi connectivity index (χ3n) is 2.95. The lowest BCUT2D eigenvalue weighted by molar-refractivity contribution is 0.314. The molecule has 0 aliphatic rings. The number of rotatable bonds is 5. The Morgan fingerprint density at radius 2 is 1.94 bits per heavy atom. The number of nitrogens with two attached hydrogens (primary N) is 1. The van der Waals surface area contributed by atoms with Crippen LogP contribution in [0.1, 0.15) is 37.9 Å². The van der Waals surface area contributed by atoms with Crippen molar-refractivity contribution in [3.8, 4) is 0 Å². The highest BCUT2D eigenvalue weighted by molar-refractivity contribution is 5.84. The summed E-state index contributed by atoms with van der Waals surface area (Å²) in [5.41, 5.74) is 8.04. The van der Waals surface area contributed by atoms with Gasteiger partial charge in [0.1, 0.15) is 0 Å². The molecule has 2 atom stereocenters. The molecular weight excluding hydrogens is 214 g/mol. The molecule has 0 heterocycles. The van der Waals surface area contributed by atoms with Crippen LogP contribution in [0, 0.1) is 0 Å². The van der Waals surface area contributed by atoms with E-state index in [1.165, 1.54) is 11.1 Å². The smallest absolute Gasteiger partial charge is 0.156 e. The molecule has 4 heteroatoms. The number of benzene rings is 1. The van der Waals surface area contributed by atoms with E-state index in [1.807, 2.05) is 6.92 Å². The minimum atomic E-state index is -0.152. The van der Waals surface area contributed by atoms with E-state index in [1.54, 1.807) is 0 Å². The predicted octanol–water partition coefficient (Wildman–Crippen LogP) is 2.03. The summed E-state index contributed by atoms with van der Waals surface area (Å²) >= 11 is 0. The lowest BCUT2D eigenvalue weighted by atomic mass is 10.0. The van der Waals surface area contributed by atoms with Crippen LogP contribution >= 0.6 is 0 Å². The van der Waals surface area contributed by atoms with Crippen molar-refractivity contribution in [2.75, 3.05) is 0 Å². The first-order chi connectivity index (χ1) is 8.08. The minimum Gasteiger partial charge on any atom is -0.409 e. The lowest BCUT2D eigenvalue weighted by Crippen LogP contribution is -2.40. The molecule has 0 aromatic heterocycles. The van der Waals surface area contributed by atoms with Gasteiger partial charge in [0.25, 0.3) is 0 Å². The summed E-state index contributed by atoms with van der Waals surface area (Å²) < 4.78 is 0. The lowest BCUT2D eigenvalue weighted by Gasteiger charge is -2.19. The Balaban J connectivity index is 2.66. The molecule has 4 nitrogen and oxygen atoms in total. The molecule has 1 rings (SSSR count). The van der Waals surface area contributed by atoms with Gasteiger partial charge in [0.15, 0.2) is 5.84 Å². The van der Waals surface area contributed by atoms with Crippen LogP contribution in [0.25, 0.3) is 0 Å². The maximum atomic E-state index is 8.58. The molecule has 0 fully saturated rings. The van der Waals surface area contributed by atoms with Crippen molar-refractivity contribution in [1.82, 2.24) is 5.32 Å². The van der Waals surface area contributed by atoms with Crippen LogP contribution in [0.5, 0.6) is 0 Å². The van der Waals surface area contributed by atoms with E-state index >= 15 is 0 Å². The van der Waals surface area contributed by atoms with Crippen LogP contribution in [0.2, 0.25) is 0 Å². The fourth-order valence-corrected chi connectivity index (χ4v) is 1.69. The van der Waals surface area contributed by atoms with Gasteiger partial charge in [-0.15, -0.1) is 0 Å². The van der Waals surface area contributed by atoms with Gasteiger partial charge in [-0.25, -0.2) is 0 Å². The molecule has 0 amide bonds. The molecule has 0 spiro atoms. The van der Waals surface area contributed by atoms with Crippen LogP contribution in [-0.2, 0) is 6.42 Å². The Morgan fingerprint density at radius 3 is 2.41 bits per heavy atom. The van der Waals surface area contributed by atoms with E-state index in [4.69, 9.17) is 10.9 Å². The normalized spacial score (nSPS) is 15.6. The van der Waals surface area contributed by atoms with Crippen LogP contribution < -0.4 is 11.1 Å². The van der Waals surface area contributed by atoms with Gasteiger partial charge in [0.05, 0.1) is 6.04 Å². The molecule has 1 aromatic carbocycles. The number of nitrogens with zero attached hydrogens (tertiary/aromatic N) is 1. The zero-order valence-electron chi connectivity index (χ0n) is 10.6. The first-order valence-corrected chi connectivity index (χ1v) is 5.90. The molecule has 2 unspecified atom stereocenters. The second-order valence-corrected chi connectivity index (χ2v) is 4.23. The topological polar surface area (TPSA) is 70.6 Å². The number of amidine groups is 1. The molecule has 0 saturated heterocycles. The summed E-state index contributed by atoms with van der Waals surface area (Å²) in [6.07, 6.45) is 1.04. The molecule has 4 N–H and O–H groups in total. The fourth-order valence-electron chi connectivity index (χ4n) is 1.69. The maximum absolute atomic E-state index is 8.58. The first kappa shape index (κ1) is 13.5. The highest BCUT2D eigenvalue weighted by Gasteiger charge is 2.12. The monoisotopic (exact) mass is 235 g/mol. The molecule has 17 heavy (non-hydrogen) atoms. The highest BCUT2D eigenvalue weighted by Crippen LogP contribution is 2.14. The van der Waals surface area contributed by atoms with Gasteiger partial charge in [-0.05, 0) is 31.4 Å². The first-order valence-electron chi connectivity index (χ1n) is 5.90. The van der Waals surface area contributed by atoms with Crippen molar-refractivity contribution in [2.24, 2.45) is 10.9 Å². The summed E-state index contributed by atoms with van der Waals surface area (Å²) in [4.78, 5) is 0. The second kappa shape index (κ2) is 6.25. The van der Waals surface area contributed by atoms with Gasteiger partial charge in [0.2, 0.25) is 0 Å². The Hall–Kier alpha value is -1.55. The van der Waals surface area contributed by atoms with Crippen LogP contribution in [0.4, 0.5) is 0 Å². The average molecular weight is 235 g/mol. The van der Waals surface area contributed by atoms with E-state index in [0.29, 0.717) is 0 Å². The van der Waals surface area contributed by atoms with E-state index in [0.717, 1.165) is 6.42 Å². The number of aryl methyl sites for hydroxylation is 1. The van der Waals surface area contributed by atoms with E-state index in [9.17, 15) is 0 Å². The summed E-state index contributed by atoms with van der Waals surface area (Å²) in [5, 5.41) is 14.8. The van der Waals surface area contributed by atoms with Crippen LogP contribution in [0.15, 0.2) is 29.4 Å². The van der Waals surface area contributed by atoms with Gasteiger partial charge in [-0.3, -0.25) is 0 Å². The summed E-state index contributed by atoms with van der Waals surface area (Å²) in [7, 11) is 0. The Labute approximate surface area is 103 Å². The van der Waals surface area contributed by atoms with Crippen molar-refractivity contribution in [1.29, 1.82) is 0 Å². The molecule has 0 aliphatic carbocycles. The van der Waals surface area contributed by atoms with Gasteiger partial charge >= 0.3 is 0 Å². The van der Waals surface area contributed by atoms with Gasteiger partial charge in [0, 0.05) is 6.04 Å². The van der Waals surface area contributed by atoms with Crippen molar-refractivity contribution in [3.05, 3.63) is 35.4 Å². The van der Waals surface area contributed by atoms with Crippen molar-refractivity contribution >= 4 is 5.84 Å². The molecule has 94 valence electrons. The van der Waals surface area contributed by atoms with Crippen molar-refractivity contribution in [2.45, 2.75) is 39.3 Å². The third-order valence-corrected chi connectivity index (χ3v) is 2.95. The maximum Gasteiger partial charge on any atom is 0.156 e. The van der Waals surface area contributed by atoms with Gasteiger partial charge in [-0.1, -0.05) is 36.3 Å². The molecular formula is C13H21N3O. The number of hydrogen-bond donors (Lipinski definition) is 3. The van der Waals surface area contributed by atoms with E-state index < -0.39 is 0 Å². The van der Waals surface area contributed by atoms with E-state index in [2.05, 4.69) is 48.6 Å². The van der Waals surface area contributed by atoms with Crippen LogP contribution in [0.3, 0.4) is 0 Å². The van der Waals surface area contributed by atoms with Crippen molar-refractivity contribution < 1.29 is 5.21 Å². The summed E-state index contributed by atoms with van der Waals surface area (Å²) in [6.45, 7) is 6.06. The predicted molar refractivity (Wildman–Crippen MR) is 70.2 cm³/mol. The Kier molecular flexibility index (Phi) is 4.97. The third kappa shape index (κ3) is 3.75. The zero-order chi connectivity index (χ0) is 12.8. The standard InChI is InChI=1S/C13H21N3O/c1-4-11-5-7-12(8-6-11)9(2)15-10(3)13(14)16-17/h5-10,15,17H,4H2,1-3H3,(H2,14,16). The molecule has 0 radical (unpaired) electrons. The highest BCUT2D eigenvalue weighted by atomic mass is 16.4. The van der Waals surface area contributed by atoms with Crippen molar-refractivity contribution in [3.63, 3.8) is 0 Å². The molecule has 0 aliphatic heterocycles. The SMILES string of the molecule is CCc1ccc(C(C)NC(C)C(N)=NO)cc1. The fraction of sp³-hybridized carbons (Fsp3) is 0.462. The number of nitrogens with one attached hydrogen (secondary N) is 1. The van der Waals surface area contributed by atoms with E-state index in [-0.39, 0.29) is 17.9 Å². The quantitative estimate of drug-likeness (QED) is 0.316. The Morgan fingerprint density at radius 1 is 1.35 bits per heavy atom.